The Hall–Kier alpha value is -2.14. The average molecular weight is 300 g/mol. The molecular weight excluding hydrogens is 276 g/mol. The number of aromatic nitrogens is 2. The fraction of sp³-hybridized carbons (Fsp3) is 0.412. The summed E-state index contributed by atoms with van der Waals surface area (Å²) in [4.78, 5) is 9.15. The van der Waals surface area contributed by atoms with Gasteiger partial charge in [0.15, 0.2) is 0 Å². The Labute approximate surface area is 132 Å². The van der Waals surface area contributed by atoms with Gasteiger partial charge >= 0.3 is 0 Å². The van der Waals surface area contributed by atoms with Crippen LogP contribution in [0.1, 0.15) is 20.8 Å². The van der Waals surface area contributed by atoms with Crippen molar-refractivity contribution in [1.29, 1.82) is 0 Å². The highest BCUT2D eigenvalue weighted by molar-refractivity contribution is 5.64. The first-order chi connectivity index (χ1) is 10.5. The molecule has 0 unspecified atom stereocenters. The van der Waals surface area contributed by atoms with Crippen LogP contribution in [0.5, 0.6) is 0 Å². The van der Waals surface area contributed by atoms with E-state index in [2.05, 4.69) is 41.4 Å². The number of methoxy groups -OCH3 is 1. The number of benzene rings is 1. The van der Waals surface area contributed by atoms with E-state index in [9.17, 15) is 0 Å². The molecule has 0 bridgehead atoms. The number of anilines is 2. The van der Waals surface area contributed by atoms with Crippen molar-refractivity contribution in [2.45, 2.75) is 26.3 Å². The first-order valence-corrected chi connectivity index (χ1v) is 7.43. The molecule has 5 nitrogen and oxygen atoms in total. The van der Waals surface area contributed by atoms with Gasteiger partial charge in [-0.05, 0) is 20.8 Å². The molecule has 0 amide bonds. The zero-order chi connectivity index (χ0) is 16.0. The number of nitrogens with one attached hydrogen (secondary N) is 2. The van der Waals surface area contributed by atoms with Crippen LogP contribution < -0.4 is 10.6 Å². The molecule has 2 aromatic rings. The molecule has 1 heterocycles. The first kappa shape index (κ1) is 16.2. The van der Waals surface area contributed by atoms with Crippen LogP contribution in [0.2, 0.25) is 0 Å². The van der Waals surface area contributed by atoms with E-state index in [0.717, 1.165) is 17.1 Å². The third-order valence-corrected chi connectivity index (χ3v) is 2.89. The summed E-state index contributed by atoms with van der Waals surface area (Å²) in [6.07, 6.45) is 0. The lowest BCUT2D eigenvalue weighted by molar-refractivity contribution is 0.210. The molecule has 2 N–H and O–H groups in total. The summed E-state index contributed by atoms with van der Waals surface area (Å²) in [6, 6.07) is 12.1. The number of ether oxygens (including phenoxy) is 1. The van der Waals surface area contributed by atoms with Crippen molar-refractivity contribution in [1.82, 2.24) is 9.97 Å². The lowest BCUT2D eigenvalue weighted by Crippen LogP contribution is -2.27. The third kappa shape index (κ3) is 5.00. The Kier molecular flexibility index (Phi) is 5.33. The highest BCUT2D eigenvalue weighted by Gasteiger charge is 2.13. The summed E-state index contributed by atoms with van der Waals surface area (Å²) < 4.78 is 5.07. The van der Waals surface area contributed by atoms with Crippen molar-refractivity contribution in [2.24, 2.45) is 0 Å². The van der Waals surface area contributed by atoms with Gasteiger partial charge in [-0.1, -0.05) is 30.3 Å². The second-order valence-electron chi connectivity index (χ2n) is 6.12. The molecule has 22 heavy (non-hydrogen) atoms. The smallest absolute Gasteiger partial charge is 0.225 e. The highest BCUT2D eigenvalue weighted by Crippen LogP contribution is 2.22. The molecule has 0 aliphatic carbocycles. The minimum atomic E-state index is -0.0981. The van der Waals surface area contributed by atoms with Crippen LogP contribution >= 0.6 is 0 Å². The van der Waals surface area contributed by atoms with Gasteiger partial charge in [0.05, 0.1) is 12.3 Å². The minimum Gasteiger partial charge on any atom is -0.383 e. The summed E-state index contributed by atoms with van der Waals surface area (Å²) in [5, 5.41) is 6.59. The number of hydrogen-bond acceptors (Lipinski definition) is 5. The quantitative estimate of drug-likeness (QED) is 0.801. The van der Waals surface area contributed by atoms with Crippen LogP contribution in [0.4, 0.5) is 11.8 Å². The Bertz CT molecular complexity index is 593. The molecule has 0 radical (unpaired) electrons. The maximum atomic E-state index is 5.07. The van der Waals surface area contributed by atoms with Gasteiger partial charge in [0.25, 0.3) is 0 Å². The van der Waals surface area contributed by atoms with Gasteiger partial charge in [0.1, 0.15) is 5.82 Å². The van der Waals surface area contributed by atoms with E-state index < -0.39 is 0 Å². The van der Waals surface area contributed by atoms with Crippen molar-refractivity contribution in [2.75, 3.05) is 30.9 Å². The average Bonchev–Trinajstić information content (AvgIpc) is 2.46. The van der Waals surface area contributed by atoms with Crippen molar-refractivity contribution in [3.05, 3.63) is 36.4 Å². The standard InChI is InChI=1S/C17H24N4O/c1-17(2,3)21-16-19-14(13-8-6-5-7-9-13)12-15(20-16)18-10-11-22-4/h5-9,12H,10-11H2,1-4H3,(H2,18,19,20,21). The molecule has 0 aliphatic heterocycles. The van der Waals surface area contributed by atoms with E-state index >= 15 is 0 Å². The monoisotopic (exact) mass is 300 g/mol. The van der Waals surface area contributed by atoms with E-state index in [0.29, 0.717) is 19.1 Å². The van der Waals surface area contributed by atoms with Crippen LogP contribution in [0.15, 0.2) is 36.4 Å². The number of rotatable bonds is 6. The lowest BCUT2D eigenvalue weighted by Gasteiger charge is -2.21. The van der Waals surface area contributed by atoms with E-state index in [-0.39, 0.29) is 5.54 Å². The molecule has 0 saturated heterocycles. The van der Waals surface area contributed by atoms with Crippen molar-refractivity contribution in [3.8, 4) is 11.3 Å². The third-order valence-electron chi connectivity index (χ3n) is 2.89. The molecule has 0 spiro atoms. The van der Waals surface area contributed by atoms with Gasteiger partial charge in [0, 0.05) is 30.8 Å². The predicted octanol–water partition coefficient (Wildman–Crippen LogP) is 3.41. The van der Waals surface area contributed by atoms with Gasteiger partial charge < -0.3 is 15.4 Å². The summed E-state index contributed by atoms with van der Waals surface area (Å²) >= 11 is 0. The Morgan fingerprint density at radius 3 is 2.45 bits per heavy atom. The molecule has 0 saturated carbocycles. The Morgan fingerprint density at radius 1 is 1.09 bits per heavy atom. The zero-order valence-electron chi connectivity index (χ0n) is 13.7. The second kappa shape index (κ2) is 7.22. The molecule has 0 aliphatic rings. The second-order valence-corrected chi connectivity index (χ2v) is 6.12. The molecule has 0 atom stereocenters. The van der Waals surface area contributed by atoms with E-state index in [1.54, 1.807) is 7.11 Å². The SMILES string of the molecule is COCCNc1cc(-c2ccccc2)nc(NC(C)(C)C)n1. The number of nitrogens with zero attached hydrogens (tertiary/aromatic N) is 2. The number of hydrogen-bond donors (Lipinski definition) is 2. The zero-order valence-corrected chi connectivity index (χ0v) is 13.7. The molecule has 118 valence electrons. The van der Waals surface area contributed by atoms with Gasteiger partial charge in [-0.25, -0.2) is 4.98 Å². The highest BCUT2D eigenvalue weighted by atomic mass is 16.5. The van der Waals surface area contributed by atoms with Gasteiger partial charge in [-0.15, -0.1) is 0 Å². The summed E-state index contributed by atoms with van der Waals surface area (Å²) in [5.41, 5.74) is 1.86. The van der Waals surface area contributed by atoms with E-state index in [1.807, 2.05) is 36.4 Å². The Morgan fingerprint density at radius 2 is 1.82 bits per heavy atom. The Balaban J connectivity index is 2.31. The van der Waals surface area contributed by atoms with Gasteiger partial charge in [0.2, 0.25) is 5.95 Å². The molecular formula is C17H24N4O. The van der Waals surface area contributed by atoms with Crippen LogP contribution in [0, 0.1) is 0 Å². The summed E-state index contributed by atoms with van der Waals surface area (Å²) in [6.45, 7) is 7.60. The summed E-state index contributed by atoms with van der Waals surface area (Å²) in [7, 11) is 1.68. The molecule has 1 aromatic carbocycles. The first-order valence-electron chi connectivity index (χ1n) is 7.43. The van der Waals surface area contributed by atoms with Crippen LogP contribution in [-0.2, 0) is 4.74 Å². The molecule has 2 rings (SSSR count). The van der Waals surface area contributed by atoms with Crippen LogP contribution in [0.25, 0.3) is 11.3 Å². The molecule has 0 fully saturated rings. The van der Waals surface area contributed by atoms with Gasteiger partial charge in [-0.3, -0.25) is 0 Å². The maximum Gasteiger partial charge on any atom is 0.225 e. The predicted molar refractivity (Wildman–Crippen MR) is 91.2 cm³/mol. The minimum absolute atomic E-state index is 0.0981. The largest absolute Gasteiger partial charge is 0.383 e. The normalized spacial score (nSPS) is 11.3. The topological polar surface area (TPSA) is 59.1 Å². The van der Waals surface area contributed by atoms with E-state index in [4.69, 9.17) is 4.74 Å². The van der Waals surface area contributed by atoms with Crippen molar-refractivity contribution >= 4 is 11.8 Å². The fourth-order valence-electron chi connectivity index (χ4n) is 1.97. The molecule has 5 heteroatoms. The van der Waals surface area contributed by atoms with Crippen molar-refractivity contribution < 1.29 is 4.74 Å². The van der Waals surface area contributed by atoms with Crippen molar-refractivity contribution in [3.63, 3.8) is 0 Å². The summed E-state index contributed by atoms with van der Waals surface area (Å²) in [5.74, 6) is 1.41. The molecule has 1 aromatic heterocycles. The van der Waals surface area contributed by atoms with E-state index in [1.165, 1.54) is 0 Å². The van der Waals surface area contributed by atoms with Crippen LogP contribution in [-0.4, -0.2) is 35.8 Å². The van der Waals surface area contributed by atoms with Crippen LogP contribution in [0.3, 0.4) is 0 Å². The van der Waals surface area contributed by atoms with Gasteiger partial charge in [-0.2, -0.15) is 4.98 Å². The fourth-order valence-corrected chi connectivity index (χ4v) is 1.97. The maximum absolute atomic E-state index is 5.07. The lowest BCUT2D eigenvalue weighted by atomic mass is 10.1.